The number of hydrogen-bond acceptors (Lipinski definition) is 5. The summed E-state index contributed by atoms with van der Waals surface area (Å²) in [7, 11) is 0. The summed E-state index contributed by atoms with van der Waals surface area (Å²) < 4.78 is 6.39. The highest BCUT2D eigenvalue weighted by atomic mass is 79.9. The fourth-order valence-corrected chi connectivity index (χ4v) is 2.77. The first-order chi connectivity index (χ1) is 12.5. The van der Waals surface area contributed by atoms with Gasteiger partial charge in [-0.05, 0) is 35.7 Å². The summed E-state index contributed by atoms with van der Waals surface area (Å²) in [6.07, 6.45) is 3.64. The molecule has 0 radical (unpaired) electrons. The Bertz CT molecular complexity index is 863. The Kier molecular flexibility index (Phi) is 5.78. The van der Waals surface area contributed by atoms with E-state index in [9.17, 15) is 4.79 Å². The molecule has 3 aromatic rings. The number of benzene rings is 1. The van der Waals surface area contributed by atoms with E-state index in [0.29, 0.717) is 18.1 Å². The summed E-state index contributed by atoms with van der Waals surface area (Å²) in [5.41, 5.74) is 1.76. The third-order valence-electron chi connectivity index (χ3n) is 3.91. The van der Waals surface area contributed by atoms with E-state index in [-0.39, 0.29) is 17.9 Å². The van der Waals surface area contributed by atoms with Gasteiger partial charge in [-0.2, -0.15) is 4.98 Å². The van der Waals surface area contributed by atoms with Crippen molar-refractivity contribution in [2.75, 3.05) is 0 Å². The summed E-state index contributed by atoms with van der Waals surface area (Å²) in [6, 6.07) is 10.9. The van der Waals surface area contributed by atoms with Crippen molar-refractivity contribution in [1.29, 1.82) is 0 Å². The molecule has 1 atom stereocenters. The Morgan fingerprint density at radius 1 is 1.15 bits per heavy atom. The fourth-order valence-electron chi connectivity index (χ4n) is 2.51. The van der Waals surface area contributed by atoms with Crippen LogP contribution in [0.1, 0.15) is 31.3 Å². The highest BCUT2D eigenvalue weighted by Gasteiger charge is 2.24. The molecule has 6 nitrogen and oxygen atoms in total. The molecule has 7 heteroatoms. The fraction of sp³-hybridized carbons (Fsp3) is 0.263. The van der Waals surface area contributed by atoms with Gasteiger partial charge in [0.2, 0.25) is 17.6 Å². The van der Waals surface area contributed by atoms with Crippen LogP contribution in [0, 0.1) is 5.92 Å². The van der Waals surface area contributed by atoms with Gasteiger partial charge in [-0.1, -0.05) is 47.1 Å². The lowest BCUT2D eigenvalue weighted by molar-refractivity contribution is -0.121. The van der Waals surface area contributed by atoms with E-state index in [2.05, 4.69) is 36.4 Å². The van der Waals surface area contributed by atoms with Gasteiger partial charge in [-0.15, -0.1) is 0 Å². The quantitative estimate of drug-likeness (QED) is 0.660. The first-order valence-corrected chi connectivity index (χ1v) is 9.10. The number of halogens is 1. The van der Waals surface area contributed by atoms with Crippen molar-refractivity contribution in [3.63, 3.8) is 0 Å². The third kappa shape index (κ3) is 4.54. The van der Waals surface area contributed by atoms with Gasteiger partial charge in [0.1, 0.15) is 6.04 Å². The molecule has 1 aromatic carbocycles. The van der Waals surface area contributed by atoms with E-state index in [1.54, 1.807) is 12.4 Å². The Morgan fingerprint density at radius 2 is 1.85 bits per heavy atom. The molecule has 1 unspecified atom stereocenters. The summed E-state index contributed by atoms with van der Waals surface area (Å²) >= 11 is 3.39. The zero-order chi connectivity index (χ0) is 18.5. The van der Waals surface area contributed by atoms with Crippen LogP contribution in [-0.2, 0) is 11.2 Å². The molecule has 2 aromatic heterocycles. The smallest absolute Gasteiger partial charge is 0.249 e. The zero-order valence-electron chi connectivity index (χ0n) is 14.5. The molecular weight excluding hydrogens is 396 g/mol. The van der Waals surface area contributed by atoms with Crippen LogP contribution in [0.4, 0.5) is 0 Å². The monoisotopic (exact) mass is 414 g/mol. The number of hydrogen-bond donors (Lipinski definition) is 1. The number of amides is 1. The second-order valence-electron chi connectivity index (χ2n) is 6.28. The molecular formula is C19H19BrN4O2. The first-order valence-electron chi connectivity index (χ1n) is 8.30. The van der Waals surface area contributed by atoms with Gasteiger partial charge < -0.3 is 9.84 Å². The molecule has 0 aliphatic rings. The molecule has 134 valence electrons. The standard InChI is InChI=1S/C19H19BrN4O2/c1-12(2)17(22-16(25)11-13-3-5-15(20)6-4-13)19-23-18(24-26-19)14-7-9-21-10-8-14/h3-10,12,17H,11H2,1-2H3,(H,22,25). The lowest BCUT2D eigenvalue weighted by atomic mass is 10.0. The van der Waals surface area contributed by atoms with Crippen LogP contribution < -0.4 is 5.32 Å². The molecule has 0 bridgehead atoms. The van der Waals surface area contributed by atoms with Crippen molar-refractivity contribution in [2.24, 2.45) is 5.92 Å². The molecule has 0 aliphatic heterocycles. The number of nitrogens with one attached hydrogen (secondary N) is 1. The van der Waals surface area contributed by atoms with Crippen LogP contribution in [0.2, 0.25) is 0 Å². The molecule has 0 aliphatic carbocycles. The minimum absolute atomic E-state index is 0.0883. The lowest BCUT2D eigenvalue weighted by Crippen LogP contribution is -2.33. The van der Waals surface area contributed by atoms with E-state index in [0.717, 1.165) is 15.6 Å². The van der Waals surface area contributed by atoms with Gasteiger partial charge in [-0.3, -0.25) is 9.78 Å². The number of carbonyl (C=O) groups is 1. The highest BCUT2D eigenvalue weighted by molar-refractivity contribution is 9.10. The normalized spacial score (nSPS) is 12.2. The minimum Gasteiger partial charge on any atom is -0.344 e. The van der Waals surface area contributed by atoms with Crippen LogP contribution in [0.5, 0.6) is 0 Å². The average molecular weight is 415 g/mol. The van der Waals surface area contributed by atoms with E-state index in [1.807, 2.05) is 50.2 Å². The predicted molar refractivity (Wildman–Crippen MR) is 101 cm³/mol. The maximum absolute atomic E-state index is 12.4. The molecule has 26 heavy (non-hydrogen) atoms. The summed E-state index contributed by atoms with van der Waals surface area (Å²) in [5.74, 6) is 0.899. The number of aromatic nitrogens is 3. The maximum Gasteiger partial charge on any atom is 0.249 e. The van der Waals surface area contributed by atoms with Gasteiger partial charge in [0.05, 0.1) is 6.42 Å². The molecule has 2 heterocycles. The van der Waals surface area contributed by atoms with Crippen LogP contribution in [0.25, 0.3) is 11.4 Å². The molecule has 0 spiro atoms. The average Bonchev–Trinajstić information content (AvgIpc) is 3.12. The van der Waals surface area contributed by atoms with Crippen LogP contribution in [0.15, 0.2) is 57.8 Å². The number of carbonyl (C=O) groups excluding carboxylic acids is 1. The number of rotatable bonds is 6. The second kappa shape index (κ2) is 8.23. The SMILES string of the molecule is CC(C)C(NC(=O)Cc1ccc(Br)cc1)c1nc(-c2ccncc2)no1. The molecule has 0 fully saturated rings. The summed E-state index contributed by atoms with van der Waals surface area (Å²) in [6.45, 7) is 4.00. The summed E-state index contributed by atoms with van der Waals surface area (Å²) in [5, 5.41) is 7.02. The van der Waals surface area contributed by atoms with E-state index in [1.165, 1.54) is 0 Å². The Labute approximate surface area is 160 Å². The zero-order valence-corrected chi connectivity index (χ0v) is 16.1. The van der Waals surface area contributed by atoms with Gasteiger partial charge >= 0.3 is 0 Å². The topological polar surface area (TPSA) is 80.9 Å². The molecule has 1 amide bonds. The molecule has 3 rings (SSSR count). The Morgan fingerprint density at radius 3 is 2.50 bits per heavy atom. The molecule has 0 saturated carbocycles. The number of pyridine rings is 1. The second-order valence-corrected chi connectivity index (χ2v) is 7.20. The van der Waals surface area contributed by atoms with Gasteiger partial charge in [-0.25, -0.2) is 0 Å². The van der Waals surface area contributed by atoms with Crippen molar-refractivity contribution in [3.05, 3.63) is 64.7 Å². The molecule has 1 N–H and O–H groups in total. The first kappa shape index (κ1) is 18.3. The van der Waals surface area contributed by atoms with Crippen LogP contribution >= 0.6 is 15.9 Å². The predicted octanol–water partition coefficient (Wildman–Crippen LogP) is 3.95. The van der Waals surface area contributed by atoms with Crippen molar-refractivity contribution in [3.8, 4) is 11.4 Å². The van der Waals surface area contributed by atoms with Crippen molar-refractivity contribution in [1.82, 2.24) is 20.4 Å². The Hall–Kier alpha value is -2.54. The van der Waals surface area contributed by atoms with E-state index in [4.69, 9.17) is 4.52 Å². The van der Waals surface area contributed by atoms with Crippen molar-refractivity contribution < 1.29 is 9.32 Å². The Balaban J connectivity index is 1.72. The van der Waals surface area contributed by atoms with E-state index < -0.39 is 0 Å². The van der Waals surface area contributed by atoms with E-state index >= 15 is 0 Å². The lowest BCUT2D eigenvalue weighted by Gasteiger charge is -2.18. The van der Waals surface area contributed by atoms with Crippen molar-refractivity contribution in [2.45, 2.75) is 26.3 Å². The minimum atomic E-state index is -0.346. The van der Waals surface area contributed by atoms with Crippen LogP contribution in [-0.4, -0.2) is 21.0 Å². The van der Waals surface area contributed by atoms with Gasteiger partial charge in [0.25, 0.3) is 0 Å². The summed E-state index contributed by atoms with van der Waals surface area (Å²) in [4.78, 5) is 20.9. The number of nitrogens with zero attached hydrogens (tertiary/aromatic N) is 3. The van der Waals surface area contributed by atoms with Crippen LogP contribution in [0.3, 0.4) is 0 Å². The highest BCUT2D eigenvalue weighted by Crippen LogP contribution is 2.23. The van der Waals surface area contributed by atoms with Gasteiger partial charge in [0, 0.05) is 22.4 Å². The molecule has 0 saturated heterocycles. The van der Waals surface area contributed by atoms with Crippen molar-refractivity contribution >= 4 is 21.8 Å². The third-order valence-corrected chi connectivity index (χ3v) is 4.44. The largest absolute Gasteiger partial charge is 0.344 e. The van der Waals surface area contributed by atoms with Gasteiger partial charge in [0.15, 0.2) is 0 Å². The maximum atomic E-state index is 12.4.